The van der Waals surface area contributed by atoms with Crippen LogP contribution in [-0.4, -0.2) is 29.8 Å². The zero-order chi connectivity index (χ0) is 20.1. The highest BCUT2D eigenvalue weighted by Gasteiger charge is 2.33. The van der Waals surface area contributed by atoms with E-state index in [9.17, 15) is 9.59 Å². The van der Waals surface area contributed by atoms with Gasteiger partial charge in [0.25, 0.3) is 0 Å². The minimum Gasteiger partial charge on any atom is -0.353 e. The lowest BCUT2D eigenvalue weighted by Crippen LogP contribution is -2.47. The van der Waals surface area contributed by atoms with E-state index in [0.717, 1.165) is 28.4 Å². The number of benzene rings is 2. The molecule has 0 aliphatic carbocycles. The predicted molar refractivity (Wildman–Crippen MR) is 115 cm³/mol. The van der Waals surface area contributed by atoms with Gasteiger partial charge in [0.05, 0.1) is 0 Å². The van der Waals surface area contributed by atoms with Gasteiger partial charge in [0.15, 0.2) is 0 Å². The van der Waals surface area contributed by atoms with Gasteiger partial charge in [-0.3, -0.25) is 9.59 Å². The number of carbonyl (C=O) groups is 2. The number of carbonyl (C=O) groups excluding carboxylic acids is 2. The SMILES string of the molecule is CC(C)(CNC(=O)C(c1ccccc1)N1CCCCC1=O)c1ccc(Br)cc1. The molecule has 2 aromatic rings. The molecule has 1 N–H and O–H groups in total. The number of amides is 2. The summed E-state index contributed by atoms with van der Waals surface area (Å²) in [5.41, 5.74) is 1.79. The summed E-state index contributed by atoms with van der Waals surface area (Å²) in [6.07, 6.45) is 2.35. The van der Waals surface area contributed by atoms with Crippen LogP contribution in [0.3, 0.4) is 0 Å². The summed E-state index contributed by atoms with van der Waals surface area (Å²) >= 11 is 3.46. The smallest absolute Gasteiger partial charge is 0.247 e. The van der Waals surface area contributed by atoms with Gasteiger partial charge in [0.2, 0.25) is 11.8 Å². The molecule has 1 aliphatic rings. The third-order valence-electron chi connectivity index (χ3n) is 5.37. The molecule has 148 valence electrons. The number of piperidine rings is 1. The molecule has 4 nitrogen and oxygen atoms in total. The van der Waals surface area contributed by atoms with E-state index >= 15 is 0 Å². The molecule has 0 radical (unpaired) electrons. The Labute approximate surface area is 175 Å². The second-order valence-corrected chi connectivity index (χ2v) is 8.88. The van der Waals surface area contributed by atoms with Crippen LogP contribution in [0.2, 0.25) is 0 Å². The zero-order valence-electron chi connectivity index (χ0n) is 16.5. The normalized spacial score (nSPS) is 16.0. The minimum absolute atomic E-state index is 0.0578. The van der Waals surface area contributed by atoms with Gasteiger partial charge in [0.1, 0.15) is 6.04 Å². The van der Waals surface area contributed by atoms with Gasteiger partial charge in [0, 0.05) is 29.4 Å². The molecule has 28 heavy (non-hydrogen) atoms. The highest BCUT2D eigenvalue weighted by molar-refractivity contribution is 9.10. The number of hydrogen-bond donors (Lipinski definition) is 1. The summed E-state index contributed by atoms with van der Waals surface area (Å²) in [6.45, 7) is 5.35. The van der Waals surface area contributed by atoms with Crippen molar-refractivity contribution < 1.29 is 9.59 Å². The van der Waals surface area contributed by atoms with E-state index in [0.29, 0.717) is 19.5 Å². The van der Waals surface area contributed by atoms with Crippen molar-refractivity contribution in [1.29, 1.82) is 0 Å². The van der Waals surface area contributed by atoms with Gasteiger partial charge in [-0.25, -0.2) is 0 Å². The van der Waals surface area contributed by atoms with Gasteiger partial charge in [-0.15, -0.1) is 0 Å². The molecule has 1 heterocycles. The number of hydrogen-bond acceptors (Lipinski definition) is 2. The molecule has 1 atom stereocenters. The molecule has 1 aliphatic heterocycles. The summed E-state index contributed by atoms with van der Waals surface area (Å²) < 4.78 is 1.03. The fraction of sp³-hybridized carbons (Fsp3) is 0.391. The molecule has 1 unspecified atom stereocenters. The monoisotopic (exact) mass is 442 g/mol. The van der Waals surface area contributed by atoms with Gasteiger partial charge >= 0.3 is 0 Å². The van der Waals surface area contributed by atoms with Crippen molar-refractivity contribution in [3.05, 3.63) is 70.2 Å². The Bertz CT molecular complexity index is 818. The van der Waals surface area contributed by atoms with E-state index in [-0.39, 0.29) is 17.2 Å². The van der Waals surface area contributed by atoms with Crippen molar-refractivity contribution in [3.63, 3.8) is 0 Å². The first-order valence-corrected chi connectivity index (χ1v) is 10.6. The molecule has 2 aromatic carbocycles. The van der Waals surface area contributed by atoms with Crippen LogP contribution in [-0.2, 0) is 15.0 Å². The maximum atomic E-state index is 13.2. The quantitative estimate of drug-likeness (QED) is 0.710. The van der Waals surface area contributed by atoms with Crippen LogP contribution in [0, 0.1) is 0 Å². The maximum absolute atomic E-state index is 13.2. The van der Waals surface area contributed by atoms with Crippen LogP contribution in [0.15, 0.2) is 59.1 Å². The van der Waals surface area contributed by atoms with Crippen molar-refractivity contribution in [3.8, 4) is 0 Å². The Morgan fingerprint density at radius 3 is 2.43 bits per heavy atom. The molecule has 0 spiro atoms. The molecule has 0 aromatic heterocycles. The second-order valence-electron chi connectivity index (χ2n) is 7.97. The van der Waals surface area contributed by atoms with Crippen LogP contribution in [0.1, 0.15) is 50.3 Å². The molecule has 0 saturated carbocycles. The number of nitrogens with one attached hydrogen (secondary N) is 1. The Kier molecular flexibility index (Phi) is 6.55. The molecular weight excluding hydrogens is 416 g/mol. The Morgan fingerprint density at radius 2 is 1.79 bits per heavy atom. The lowest BCUT2D eigenvalue weighted by molar-refractivity contribution is -0.142. The van der Waals surface area contributed by atoms with Crippen LogP contribution in [0.5, 0.6) is 0 Å². The van der Waals surface area contributed by atoms with Crippen LogP contribution < -0.4 is 5.32 Å². The molecular formula is C23H27BrN2O2. The van der Waals surface area contributed by atoms with Crippen molar-refractivity contribution in [2.24, 2.45) is 0 Å². The first-order chi connectivity index (χ1) is 13.4. The highest BCUT2D eigenvalue weighted by atomic mass is 79.9. The molecule has 1 fully saturated rings. The Balaban J connectivity index is 1.77. The van der Waals surface area contributed by atoms with Crippen molar-refractivity contribution in [2.75, 3.05) is 13.1 Å². The van der Waals surface area contributed by atoms with Gasteiger partial charge < -0.3 is 10.2 Å². The summed E-state index contributed by atoms with van der Waals surface area (Å²) in [6, 6.07) is 17.2. The molecule has 0 bridgehead atoms. The standard InChI is InChI=1S/C23H27BrN2O2/c1-23(2,18-11-13-19(24)14-12-18)16-25-22(28)21(17-8-4-3-5-9-17)26-15-7-6-10-20(26)27/h3-5,8-9,11-14,21H,6-7,10,15-16H2,1-2H3,(H,25,28). The van der Waals surface area contributed by atoms with E-state index in [2.05, 4.69) is 47.2 Å². The summed E-state index contributed by atoms with van der Waals surface area (Å²) in [4.78, 5) is 27.5. The zero-order valence-corrected chi connectivity index (χ0v) is 18.0. The Hall–Kier alpha value is -2.14. The Morgan fingerprint density at radius 1 is 1.11 bits per heavy atom. The summed E-state index contributed by atoms with van der Waals surface area (Å²) in [7, 11) is 0. The van der Waals surface area contributed by atoms with Crippen LogP contribution in [0.25, 0.3) is 0 Å². The minimum atomic E-state index is -0.574. The first-order valence-electron chi connectivity index (χ1n) is 9.77. The van der Waals surface area contributed by atoms with E-state index in [1.165, 1.54) is 0 Å². The summed E-state index contributed by atoms with van der Waals surface area (Å²) in [5.74, 6) is -0.0611. The van der Waals surface area contributed by atoms with Crippen LogP contribution in [0.4, 0.5) is 0 Å². The molecule has 5 heteroatoms. The lowest BCUT2D eigenvalue weighted by atomic mass is 9.84. The topological polar surface area (TPSA) is 49.4 Å². The fourth-order valence-electron chi connectivity index (χ4n) is 3.62. The summed E-state index contributed by atoms with van der Waals surface area (Å²) in [5, 5.41) is 3.11. The van der Waals surface area contributed by atoms with Crippen molar-refractivity contribution in [2.45, 2.75) is 44.6 Å². The molecule has 3 rings (SSSR count). The predicted octanol–water partition coefficient (Wildman–Crippen LogP) is 4.60. The van der Waals surface area contributed by atoms with Gasteiger partial charge in [-0.1, -0.05) is 72.2 Å². The highest BCUT2D eigenvalue weighted by Crippen LogP contribution is 2.27. The lowest BCUT2D eigenvalue weighted by Gasteiger charge is -2.35. The average Bonchev–Trinajstić information content (AvgIpc) is 2.69. The van der Waals surface area contributed by atoms with Gasteiger partial charge in [-0.05, 0) is 36.1 Å². The van der Waals surface area contributed by atoms with Gasteiger partial charge in [-0.2, -0.15) is 0 Å². The fourth-order valence-corrected chi connectivity index (χ4v) is 3.88. The third kappa shape index (κ3) is 4.82. The number of rotatable bonds is 6. The maximum Gasteiger partial charge on any atom is 0.247 e. The van der Waals surface area contributed by atoms with Crippen molar-refractivity contribution in [1.82, 2.24) is 10.2 Å². The number of likely N-dealkylation sites (tertiary alicyclic amines) is 1. The van der Waals surface area contributed by atoms with E-state index in [4.69, 9.17) is 0 Å². The third-order valence-corrected chi connectivity index (χ3v) is 5.89. The second kappa shape index (κ2) is 8.91. The van der Waals surface area contributed by atoms with E-state index < -0.39 is 6.04 Å². The first kappa shape index (κ1) is 20.6. The largest absolute Gasteiger partial charge is 0.353 e. The van der Waals surface area contributed by atoms with E-state index in [1.54, 1.807) is 4.90 Å². The average molecular weight is 443 g/mol. The number of nitrogens with zero attached hydrogens (tertiary/aromatic N) is 1. The van der Waals surface area contributed by atoms with Crippen LogP contribution >= 0.6 is 15.9 Å². The van der Waals surface area contributed by atoms with Crippen molar-refractivity contribution >= 4 is 27.7 Å². The molecule has 1 saturated heterocycles. The van der Waals surface area contributed by atoms with E-state index in [1.807, 2.05) is 42.5 Å². The number of halogens is 1. The molecule has 2 amide bonds.